The lowest BCUT2D eigenvalue weighted by atomic mass is 9.88. The normalized spacial score (nSPS) is 13.9. The van der Waals surface area contributed by atoms with Crippen molar-refractivity contribution < 1.29 is 4.79 Å². The molecule has 0 spiro atoms. The minimum absolute atomic E-state index is 0.277. The van der Waals surface area contributed by atoms with E-state index >= 15 is 0 Å². The maximum absolute atomic E-state index is 11.7. The van der Waals surface area contributed by atoms with Crippen LogP contribution in [0.5, 0.6) is 0 Å². The van der Waals surface area contributed by atoms with Crippen LogP contribution in [0.3, 0.4) is 0 Å². The molecule has 6 nitrogen and oxygen atoms in total. The Labute approximate surface area is 94.3 Å². The van der Waals surface area contributed by atoms with Crippen molar-refractivity contribution in [2.75, 3.05) is 0 Å². The molecule has 0 aliphatic carbocycles. The molecule has 1 amide bonds. The SMILES string of the molecule is CCC(C)(C#N)C(=O)NCc1nncn1C. The van der Waals surface area contributed by atoms with Gasteiger partial charge in [-0.3, -0.25) is 4.79 Å². The number of hydrogen-bond acceptors (Lipinski definition) is 4. The smallest absolute Gasteiger partial charge is 0.240 e. The van der Waals surface area contributed by atoms with Gasteiger partial charge in [-0.1, -0.05) is 6.92 Å². The Morgan fingerprint density at radius 3 is 2.88 bits per heavy atom. The molecule has 86 valence electrons. The molecule has 0 fully saturated rings. The number of nitrogens with zero attached hydrogens (tertiary/aromatic N) is 4. The van der Waals surface area contributed by atoms with E-state index in [0.717, 1.165) is 0 Å². The molecule has 0 radical (unpaired) electrons. The van der Waals surface area contributed by atoms with Gasteiger partial charge in [0.2, 0.25) is 5.91 Å². The summed E-state index contributed by atoms with van der Waals surface area (Å²) >= 11 is 0. The first-order valence-electron chi connectivity index (χ1n) is 5.06. The number of carbonyl (C=O) groups is 1. The fourth-order valence-electron chi connectivity index (χ4n) is 1.11. The molecule has 1 atom stereocenters. The van der Waals surface area contributed by atoms with Gasteiger partial charge >= 0.3 is 0 Å². The van der Waals surface area contributed by atoms with Crippen molar-refractivity contribution in [2.24, 2.45) is 12.5 Å². The zero-order valence-electron chi connectivity index (χ0n) is 9.69. The molecular weight excluding hydrogens is 206 g/mol. The van der Waals surface area contributed by atoms with Crippen LogP contribution in [-0.2, 0) is 18.4 Å². The third-order valence-electron chi connectivity index (χ3n) is 2.67. The highest BCUT2D eigenvalue weighted by atomic mass is 16.2. The lowest BCUT2D eigenvalue weighted by Gasteiger charge is -2.18. The fraction of sp³-hybridized carbons (Fsp3) is 0.600. The standard InChI is InChI=1S/C10H15N5O/c1-4-10(2,6-11)9(16)12-5-8-14-13-7-15(8)3/h7H,4-5H2,1-3H3,(H,12,16). The molecule has 0 aliphatic heterocycles. The summed E-state index contributed by atoms with van der Waals surface area (Å²) in [5, 5.41) is 19.1. The first kappa shape index (κ1) is 12.2. The van der Waals surface area contributed by atoms with Crippen molar-refractivity contribution in [2.45, 2.75) is 26.8 Å². The van der Waals surface area contributed by atoms with Crippen LogP contribution in [0.1, 0.15) is 26.1 Å². The van der Waals surface area contributed by atoms with Crippen LogP contribution in [0.4, 0.5) is 0 Å². The lowest BCUT2D eigenvalue weighted by Crippen LogP contribution is -2.37. The number of hydrogen-bond donors (Lipinski definition) is 1. The summed E-state index contributed by atoms with van der Waals surface area (Å²) in [6, 6.07) is 2.02. The van der Waals surface area contributed by atoms with Crippen LogP contribution >= 0.6 is 0 Å². The van der Waals surface area contributed by atoms with Gasteiger partial charge in [0, 0.05) is 7.05 Å². The molecule has 0 bridgehead atoms. The van der Waals surface area contributed by atoms with Crippen LogP contribution < -0.4 is 5.32 Å². The van der Waals surface area contributed by atoms with Crippen LogP contribution in [-0.4, -0.2) is 20.7 Å². The molecule has 1 aromatic rings. The monoisotopic (exact) mass is 221 g/mol. The van der Waals surface area contributed by atoms with Gasteiger partial charge in [0.1, 0.15) is 11.7 Å². The summed E-state index contributed by atoms with van der Waals surface area (Å²) < 4.78 is 1.72. The van der Waals surface area contributed by atoms with E-state index in [4.69, 9.17) is 5.26 Å². The number of aryl methyl sites for hydroxylation is 1. The molecule has 1 unspecified atom stereocenters. The molecule has 1 heterocycles. The average molecular weight is 221 g/mol. The van der Waals surface area contributed by atoms with Gasteiger partial charge in [-0.25, -0.2) is 0 Å². The Morgan fingerprint density at radius 2 is 2.44 bits per heavy atom. The summed E-state index contributed by atoms with van der Waals surface area (Å²) in [6.07, 6.45) is 2.04. The van der Waals surface area contributed by atoms with E-state index in [2.05, 4.69) is 15.5 Å². The maximum Gasteiger partial charge on any atom is 0.240 e. The Bertz CT molecular complexity index is 419. The highest BCUT2D eigenvalue weighted by molar-refractivity contribution is 5.84. The predicted molar refractivity (Wildman–Crippen MR) is 56.9 cm³/mol. The van der Waals surface area contributed by atoms with Gasteiger partial charge < -0.3 is 9.88 Å². The van der Waals surface area contributed by atoms with E-state index in [9.17, 15) is 4.79 Å². The van der Waals surface area contributed by atoms with Crippen LogP contribution in [0.15, 0.2) is 6.33 Å². The van der Waals surface area contributed by atoms with Crippen LogP contribution in [0, 0.1) is 16.7 Å². The van der Waals surface area contributed by atoms with Crippen molar-refractivity contribution in [1.29, 1.82) is 5.26 Å². The molecule has 1 rings (SSSR count). The topological polar surface area (TPSA) is 83.6 Å². The predicted octanol–water partition coefficient (Wildman–Crippen LogP) is 0.371. The maximum atomic E-state index is 11.7. The number of nitrogens with one attached hydrogen (secondary N) is 1. The first-order chi connectivity index (χ1) is 7.53. The Morgan fingerprint density at radius 1 is 1.75 bits per heavy atom. The van der Waals surface area contributed by atoms with Gasteiger partial charge in [0.15, 0.2) is 5.82 Å². The highest BCUT2D eigenvalue weighted by Crippen LogP contribution is 2.19. The second-order valence-corrected chi connectivity index (χ2v) is 3.84. The Hall–Kier alpha value is -1.90. The average Bonchev–Trinajstić information content (AvgIpc) is 2.70. The van der Waals surface area contributed by atoms with E-state index in [-0.39, 0.29) is 12.5 Å². The molecular formula is C10H15N5O. The summed E-state index contributed by atoms with van der Waals surface area (Å²) in [5.74, 6) is 0.380. The highest BCUT2D eigenvalue weighted by Gasteiger charge is 2.30. The zero-order chi connectivity index (χ0) is 12.2. The second kappa shape index (κ2) is 4.75. The molecule has 0 aromatic carbocycles. The third-order valence-corrected chi connectivity index (χ3v) is 2.67. The number of carbonyl (C=O) groups excluding carboxylic acids is 1. The summed E-state index contributed by atoms with van der Waals surface area (Å²) in [7, 11) is 1.80. The van der Waals surface area contributed by atoms with Gasteiger partial charge in [-0.2, -0.15) is 5.26 Å². The molecule has 6 heteroatoms. The number of amides is 1. The van der Waals surface area contributed by atoms with Crippen molar-refractivity contribution in [1.82, 2.24) is 20.1 Å². The molecule has 0 saturated heterocycles. The van der Waals surface area contributed by atoms with Gasteiger partial charge in [0.25, 0.3) is 0 Å². The van der Waals surface area contributed by atoms with Crippen LogP contribution in [0.25, 0.3) is 0 Å². The third kappa shape index (κ3) is 2.37. The molecule has 0 aliphatic rings. The van der Waals surface area contributed by atoms with Gasteiger partial charge in [0.05, 0.1) is 12.6 Å². The quantitative estimate of drug-likeness (QED) is 0.796. The van der Waals surface area contributed by atoms with Crippen molar-refractivity contribution >= 4 is 5.91 Å². The zero-order valence-corrected chi connectivity index (χ0v) is 9.69. The molecule has 1 aromatic heterocycles. The summed E-state index contributed by atoms with van der Waals surface area (Å²) in [4.78, 5) is 11.7. The Balaban J connectivity index is 2.61. The van der Waals surface area contributed by atoms with Gasteiger partial charge in [-0.05, 0) is 13.3 Å². The number of nitriles is 1. The molecule has 1 N–H and O–H groups in total. The Kier molecular flexibility index (Phi) is 3.61. The van der Waals surface area contributed by atoms with E-state index in [1.54, 1.807) is 24.9 Å². The van der Waals surface area contributed by atoms with Crippen molar-refractivity contribution in [3.05, 3.63) is 12.2 Å². The minimum atomic E-state index is -0.974. The fourth-order valence-corrected chi connectivity index (χ4v) is 1.11. The van der Waals surface area contributed by atoms with Gasteiger partial charge in [-0.15, -0.1) is 10.2 Å². The van der Waals surface area contributed by atoms with E-state index in [1.807, 2.05) is 13.0 Å². The number of rotatable bonds is 4. The minimum Gasteiger partial charge on any atom is -0.347 e. The second-order valence-electron chi connectivity index (χ2n) is 3.84. The van der Waals surface area contributed by atoms with E-state index in [0.29, 0.717) is 12.2 Å². The number of aromatic nitrogens is 3. The molecule has 16 heavy (non-hydrogen) atoms. The van der Waals surface area contributed by atoms with Crippen molar-refractivity contribution in [3.8, 4) is 6.07 Å². The summed E-state index contributed by atoms with van der Waals surface area (Å²) in [6.45, 7) is 3.72. The summed E-state index contributed by atoms with van der Waals surface area (Å²) in [5.41, 5.74) is -0.974. The largest absolute Gasteiger partial charge is 0.347 e. The first-order valence-corrected chi connectivity index (χ1v) is 5.06. The lowest BCUT2D eigenvalue weighted by molar-refractivity contribution is -0.127. The van der Waals surface area contributed by atoms with Crippen molar-refractivity contribution in [3.63, 3.8) is 0 Å². The molecule has 0 saturated carbocycles. The van der Waals surface area contributed by atoms with E-state index in [1.165, 1.54) is 0 Å². The van der Waals surface area contributed by atoms with Crippen LogP contribution in [0.2, 0.25) is 0 Å². The van der Waals surface area contributed by atoms with E-state index < -0.39 is 5.41 Å².